The molecule has 6 aromatic carbocycles. The molecule has 0 aliphatic rings. The second-order valence-corrected chi connectivity index (χ2v) is 14.8. The lowest BCUT2D eigenvalue weighted by Gasteiger charge is -1.94. The summed E-state index contributed by atoms with van der Waals surface area (Å²) in [6.07, 6.45) is 11.3. The molecule has 0 bridgehead atoms. The first-order valence-electron chi connectivity index (χ1n) is 19.4. The first-order chi connectivity index (χ1) is 29.0. The van der Waals surface area contributed by atoms with Gasteiger partial charge in [0.05, 0.1) is 39.3 Å². The Labute approximate surface area is 376 Å². The molecule has 0 unspecified atom stereocenters. The minimum Gasteiger partial charge on any atom is -0.291 e. The molecule has 0 fully saturated rings. The Morgan fingerprint density at radius 3 is 0.627 bits per heavy atom. The van der Waals surface area contributed by atoms with Gasteiger partial charge in [-0.25, -0.2) is 0 Å². The topological polar surface area (TPSA) is 74.2 Å². The van der Waals surface area contributed by atoms with E-state index < -0.39 is 0 Å². The van der Waals surface area contributed by atoms with Crippen molar-refractivity contribution in [2.24, 2.45) is 30.0 Å². The van der Waals surface area contributed by atoms with Crippen molar-refractivity contribution < 1.29 is 0 Å². The molecule has 9 heteroatoms. The largest absolute Gasteiger partial charge is 0.291 e. The number of halogens is 3. The fraction of sp³-hybridized carbons (Fsp3) is 0.160. The van der Waals surface area contributed by atoms with E-state index in [0.717, 1.165) is 59.9 Å². The quantitative estimate of drug-likeness (QED) is 0.0726. The van der Waals surface area contributed by atoms with Crippen molar-refractivity contribution >= 4 is 85.1 Å². The zero-order valence-corrected chi connectivity index (χ0v) is 38.4. The molecule has 59 heavy (non-hydrogen) atoms. The third kappa shape index (κ3) is 23.7. The van der Waals surface area contributed by atoms with E-state index in [1.54, 1.807) is 0 Å². The number of rotatable bonds is 15. The molecule has 6 nitrogen and oxygen atoms in total. The average molecular weight is 976 g/mol. The van der Waals surface area contributed by atoms with Crippen molar-refractivity contribution in [2.75, 3.05) is 39.3 Å². The Balaban J connectivity index is 0.000000232. The van der Waals surface area contributed by atoms with Crippen LogP contribution in [0.25, 0.3) is 0 Å². The minimum atomic E-state index is 0.698. The Hall–Kier alpha value is -5.22. The number of hydrogen-bond acceptors (Lipinski definition) is 6. The Kier molecular flexibility index (Phi) is 25.9. The Bertz CT molecular complexity index is 2030. The summed E-state index contributed by atoms with van der Waals surface area (Å²) in [6, 6.07) is 54.5. The highest BCUT2D eigenvalue weighted by Gasteiger charge is 1.91. The van der Waals surface area contributed by atoms with Gasteiger partial charge < -0.3 is 0 Å². The van der Waals surface area contributed by atoms with E-state index in [4.69, 9.17) is 0 Å². The first-order valence-corrected chi connectivity index (χ1v) is 21.8. The van der Waals surface area contributed by atoms with Gasteiger partial charge >= 0.3 is 0 Å². The molecule has 0 N–H and O–H groups in total. The molecule has 0 saturated carbocycles. The fourth-order valence-electron chi connectivity index (χ4n) is 4.63. The van der Waals surface area contributed by atoms with Gasteiger partial charge in [0.1, 0.15) is 0 Å². The monoisotopic (exact) mass is 972 g/mol. The highest BCUT2D eigenvalue weighted by atomic mass is 79.9. The summed E-state index contributed by atoms with van der Waals surface area (Å²) in [5.41, 5.74) is 6.69. The van der Waals surface area contributed by atoms with Crippen LogP contribution in [0.1, 0.15) is 47.2 Å². The second-order valence-electron chi connectivity index (χ2n) is 12.1. The maximum absolute atomic E-state index is 4.36. The van der Waals surface area contributed by atoms with Crippen LogP contribution in [-0.4, -0.2) is 76.6 Å². The third-order valence-electron chi connectivity index (χ3n) is 7.53. The van der Waals surface area contributed by atoms with Crippen molar-refractivity contribution in [1.29, 1.82) is 0 Å². The lowest BCUT2D eigenvalue weighted by atomic mass is 10.2. The number of nitrogens with zero attached hydrogens (tertiary/aromatic N) is 6. The molecular weight excluding hydrogens is 924 g/mol. The molecule has 0 aliphatic carbocycles. The molecule has 0 atom stereocenters. The summed E-state index contributed by atoms with van der Waals surface area (Å²) < 4.78 is 3.24. The van der Waals surface area contributed by atoms with Crippen LogP contribution in [0.5, 0.6) is 0 Å². The van der Waals surface area contributed by atoms with Crippen molar-refractivity contribution in [3.05, 3.63) is 211 Å². The standard InChI is InChI=1S/C16H14Br2N2.C16H15BrN2.C16H16N2.C2H6/c17-15-5-1-13(2-6-15)11-19-9-10-20-12-14-3-7-16(18)8-4-14;17-16-8-6-15(7-9-16)13-19-11-10-18-12-14-4-2-1-3-5-14;1-3-7-15(8-4-1)13-17-11-12-18-14-16-9-5-2-6-10-16;1-2/h1-8,11-12H,9-10H2;1-9,12-13H,10-11H2;1-10,13-14H,11-12H2;1-2H3. The van der Waals surface area contributed by atoms with Gasteiger partial charge in [-0.3, -0.25) is 30.0 Å². The number of hydrogen-bond donors (Lipinski definition) is 0. The Morgan fingerprint density at radius 1 is 0.271 bits per heavy atom. The van der Waals surface area contributed by atoms with Gasteiger partial charge in [-0.2, -0.15) is 0 Å². The maximum atomic E-state index is 4.36. The molecule has 0 aliphatic heterocycles. The van der Waals surface area contributed by atoms with Gasteiger partial charge in [-0.1, -0.05) is 189 Å². The summed E-state index contributed by atoms with van der Waals surface area (Å²) in [6.45, 7) is 8.25. The van der Waals surface area contributed by atoms with Gasteiger partial charge in [0.25, 0.3) is 0 Å². The van der Waals surface area contributed by atoms with Crippen LogP contribution >= 0.6 is 47.8 Å². The SMILES string of the molecule is Brc1ccc(C=NCCN=Cc2ccc(Br)cc2)cc1.Brc1ccc(C=NCCN=Cc2ccccc2)cc1.C(=NCCN=Cc1ccccc1)c1ccccc1.CC. The number of aliphatic imine (C=N–C) groups is 6. The molecule has 0 radical (unpaired) electrons. The summed E-state index contributed by atoms with van der Waals surface area (Å²) in [5, 5.41) is 0. The van der Waals surface area contributed by atoms with E-state index in [0.29, 0.717) is 26.2 Å². The van der Waals surface area contributed by atoms with Crippen molar-refractivity contribution in [3.8, 4) is 0 Å². The van der Waals surface area contributed by atoms with E-state index >= 15 is 0 Å². The molecule has 302 valence electrons. The van der Waals surface area contributed by atoms with Crippen LogP contribution in [0.2, 0.25) is 0 Å². The molecular formula is C50H51Br3N6. The van der Waals surface area contributed by atoms with Crippen LogP contribution in [0.4, 0.5) is 0 Å². The molecule has 0 saturated heterocycles. The zero-order valence-electron chi connectivity index (χ0n) is 33.6. The van der Waals surface area contributed by atoms with Crippen LogP contribution < -0.4 is 0 Å². The first kappa shape index (κ1) is 48.2. The van der Waals surface area contributed by atoms with E-state index in [-0.39, 0.29) is 0 Å². The maximum Gasteiger partial charge on any atom is 0.0585 e. The van der Waals surface area contributed by atoms with E-state index in [1.807, 2.05) is 215 Å². The van der Waals surface area contributed by atoms with Crippen LogP contribution in [-0.2, 0) is 0 Å². The number of benzene rings is 6. The Morgan fingerprint density at radius 2 is 0.441 bits per heavy atom. The highest BCUT2D eigenvalue weighted by molar-refractivity contribution is 9.11. The lowest BCUT2D eigenvalue weighted by molar-refractivity contribution is 0.985. The van der Waals surface area contributed by atoms with E-state index in [9.17, 15) is 0 Å². The molecule has 6 aromatic rings. The van der Waals surface area contributed by atoms with Crippen LogP contribution in [0, 0.1) is 0 Å². The highest BCUT2D eigenvalue weighted by Crippen LogP contribution is 2.11. The summed E-state index contributed by atoms with van der Waals surface area (Å²) >= 11 is 10.2. The van der Waals surface area contributed by atoms with Gasteiger partial charge in [-0.05, 0) is 69.8 Å². The normalized spacial score (nSPS) is 11.1. The molecule has 0 amide bonds. The molecule has 0 aromatic heterocycles. The average Bonchev–Trinajstić information content (AvgIpc) is 3.28. The van der Waals surface area contributed by atoms with Gasteiger partial charge in [0.2, 0.25) is 0 Å². The van der Waals surface area contributed by atoms with Crippen LogP contribution in [0.3, 0.4) is 0 Å². The second kappa shape index (κ2) is 31.7. The summed E-state index contributed by atoms with van der Waals surface area (Å²) in [5.74, 6) is 0. The smallest absolute Gasteiger partial charge is 0.0585 e. The predicted molar refractivity (Wildman–Crippen MR) is 268 cm³/mol. The molecule has 6 rings (SSSR count). The lowest BCUT2D eigenvalue weighted by Crippen LogP contribution is -1.90. The minimum absolute atomic E-state index is 0.698. The van der Waals surface area contributed by atoms with Crippen LogP contribution in [0.15, 0.2) is 207 Å². The summed E-state index contributed by atoms with van der Waals surface area (Å²) in [4.78, 5) is 26.1. The summed E-state index contributed by atoms with van der Waals surface area (Å²) in [7, 11) is 0. The molecule has 0 spiro atoms. The van der Waals surface area contributed by atoms with Gasteiger partial charge in [0, 0.05) is 50.7 Å². The predicted octanol–water partition coefficient (Wildman–Crippen LogP) is 13.0. The zero-order chi connectivity index (χ0) is 42.0. The van der Waals surface area contributed by atoms with Crippen molar-refractivity contribution in [3.63, 3.8) is 0 Å². The van der Waals surface area contributed by atoms with Gasteiger partial charge in [-0.15, -0.1) is 0 Å². The van der Waals surface area contributed by atoms with Gasteiger partial charge in [0.15, 0.2) is 0 Å². The van der Waals surface area contributed by atoms with E-state index in [2.05, 4.69) is 77.7 Å². The van der Waals surface area contributed by atoms with Crippen molar-refractivity contribution in [1.82, 2.24) is 0 Å². The van der Waals surface area contributed by atoms with Crippen molar-refractivity contribution in [2.45, 2.75) is 13.8 Å². The third-order valence-corrected chi connectivity index (χ3v) is 9.11. The molecule has 0 heterocycles. The van der Waals surface area contributed by atoms with E-state index in [1.165, 1.54) is 0 Å². The fourth-order valence-corrected chi connectivity index (χ4v) is 5.42.